The maximum absolute atomic E-state index is 10.9. The lowest BCUT2D eigenvalue weighted by atomic mass is 10.3. The molecule has 0 N–H and O–H groups in total. The summed E-state index contributed by atoms with van der Waals surface area (Å²) in [5, 5.41) is 2.00. The van der Waals surface area contributed by atoms with Crippen LogP contribution in [0.4, 0.5) is 0 Å². The molecule has 2 nitrogen and oxygen atoms in total. The molecule has 0 radical (unpaired) electrons. The van der Waals surface area contributed by atoms with Gasteiger partial charge in [-0.2, -0.15) is 0 Å². The van der Waals surface area contributed by atoms with Crippen molar-refractivity contribution in [3.8, 4) is 0 Å². The predicted molar refractivity (Wildman–Crippen MR) is 54.6 cm³/mol. The van der Waals surface area contributed by atoms with Crippen LogP contribution >= 0.6 is 11.3 Å². The minimum absolute atomic E-state index is 0.171. The van der Waals surface area contributed by atoms with Gasteiger partial charge in [-0.3, -0.25) is 4.79 Å². The van der Waals surface area contributed by atoms with Crippen molar-refractivity contribution in [1.82, 2.24) is 0 Å². The highest BCUT2D eigenvalue weighted by molar-refractivity contribution is 7.10. The number of esters is 1. The third kappa shape index (κ3) is 3.90. The van der Waals surface area contributed by atoms with Crippen molar-refractivity contribution in [3.63, 3.8) is 0 Å². The first kappa shape index (κ1) is 9.99. The minimum Gasteiger partial charge on any atom is -0.466 e. The molecule has 0 aliphatic rings. The van der Waals surface area contributed by atoms with E-state index in [1.807, 2.05) is 29.7 Å². The Kier molecular flexibility index (Phi) is 4.26. The molecular weight excluding hydrogens is 184 g/mol. The number of carbonyl (C=O) groups is 1. The smallest absolute Gasteiger partial charge is 0.309 e. The topological polar surface area (TPSA) is 26.3 Å². The lowest BCUT2D eigenvalue weighted by molar-refractivity contribution is -0.142. The highest BCUT2D eigenvalue weighted by Crippen LogP contribution is 2.10. The second kappa shape index (κ2) is 5.54. The highest BCUT2D eigenvalue weighted by Gasteiger charge is 1.95. The maximum atomic E-state index is 10.9. The second-order valence-corrected chi connectivity index (χ2v) is 3.41. The van der Waals surface area contributed by atoms with Gasteiger partial charge in [0.15, 0.2) is 0 Å². The zero-order chi connectivity index (χ0) is 9.52. The van der Waals surface area contributed by atoms with Crippen LogP contribution in [0.1, 0.15) is 18.2 Å². The summed E-state index contributed by atoms with van der Waals surface area (Å²) >= 11 is 1.65. The van der Waals surface area contributed by atoms with Crippen LogP contribution in [0.2, 0.25) is 0 Å². The summed E-state index contributed by atoms with van der Waals surface area (Å²) in [6.07, 6.45) is 4.11. The number of ether oxygens (including phenoxy) is 1. The predicted octanol–water partition coefficient (Wildman–Crippen LogP) is 2.71. The fraction of sp³-hybridized carbons (Fsp3) is 0.300. The van der Waals surface area contributed by atoms with Crippen molar-refractivity contribution in [2.45, 2.75) is 13.3 Å². The molecule has 3 heteroatoms. The Morgan fingerprint density at radius 2 is 2.54 bits per heavy atom. The van der Waals surface area contributed by atoms with E-state index in [4.69, 9.17) is 4.74 Å². The molecule has 0 aromatic carbocycles. The first-order chi connectivity index (χ1) is 6.33. The number of rotatable bonds is 4. The molecule has 1 aromatic heterocycles. The van der Waals surface area contributed by atoms with Gasteiger partial charge in [-0.25, -0.2) is 0 Å². The molecule has 0 aliphatic carbocycles. The summed E-state index contributed by atoms with van der Waals surface area (Å²) in [5.41, 5.74) is 0. The van der Waals surface area contributed by atoms with Crippen LogP contribution in [0.5, 0.6) is 0 Å². The van der Waals surface area contributed by atoms with E-state index >= 15 is 0 Å². The number of carbonyl (C=O) groups excluding carboxylic acids is 1. The molecule has 0 fully saturated rings. The van der Waals surface area contributed by atoms with Crippen LogP contribution in [-0.2, 0) is 9.53 Å². The first-order valence-corrected chi connectivity index (χ1v) is 5.06. The summed E-state index contributed by atoms with van der Waals surface area (Å²) < 4.78 is 4.77. The lowest BCUT2D eigenvalue weighted by Gasteiger charge is -1.95. The van der Waals surface area contributed by atoms with Gasteiger partial charge in [0, 0.05) is 4.88 Å². The Morgan fingerprint density at radius 3 is 3.15 bits per heavy atom. The molecule has 0 amide bonds. The van der Waals surface area contributed by atoms with E-state index in [0.29, 0.717) is 13.0 Å². The molecule has 0 atom stereocenters. The largest absolute Gasteiger partial charge is 0.466 e. The molecule has 0 saturated carbocycles. The van der Waals surface area contributed by atoms with Crippen LogP contribution in [0.3, 0.4) is 0 Å². The van der Waals surface area contributed by atoms with Crippen molar-refractivity contribution in [2.24, 2.45) is 0 Å². The Labute approximate surface area is 81.8 Å². The minimum atomic E-state index is -0.171. The molecule has 13 heavy (non-hydrogen) atoms. The number of thiophene rings is 1. The molecule has 0 unspecified atom stereocenters. The van der Waals surface area contributed by atoms with Gasteiger partial charge < -0.3 is 4.74 Å². The van der Waals surface area contributed by atoms with Crippen molar-refractivity contribution >= 4 is 23.4 Å². The molecular formula is C10H12O2S. The van der Waals surface area contributed by atoms with Crippen molar-refractivity contribution < 1.29 is 9.53 Å². The average molecular weight is 196 g/mol. The lowest BCUT2D eigenvalue weighted by Crippen LogP contribution is -2.01. The van der Waals surface area contributed by atoms with Crippen molar-refractivity contribution in [1.29, 1.82) is 0 Å². The quantitative estimate of drug-likeness (QED) is 0.692. The monoisotopic (exact) mass is 196 g/mol. The van der Waals surface area contributed by atoms with Gasteiger partial charge in [-0.1, -0.05) is 12.1 Å². The fourth-order valence-electron chi connectivity index (χ4n) is 0.877. The molecule has 0 bridgehead atoms. The molecule has 1 heterocycles. The SMILES string of the molecule is CCOC(=O)CC=Cc1cccs1. The Morgan fingerprint density at radius 1 is 1.69 bits per heavy atom. The fourth-order valence-corrected chi connectivity index (χ4v) is 1.52. The summed E-state index contributed by atoms with van der Waals surface area (Å²) in [6.45, 7) is 2.26. The van der Waals surface area contributed by atoms with E-state index in [9.17, 15) is 4.79 Å². The van der Waals surface area contributed by atoms with Crippen LogP contribution in [0.25, 0.3) is 6.08 Å². The van der Waals surface area contributed by atoms with Gasteiger partial charge in [0.2, 0.25) is 0 Å². The van der Waals surface area contributed by atoms with Gasteiger partial charge in [0.25, 0.3) is 0 Å². The summed E-state index contributed by atoms with van der Waals surface area (Å²) in [6, 6.07) is 3.99. The van der Waals surface area contributed by atoms with Crippen molar-refractivity contribution in [3.05, 3.63) is 28.5 Å². The summed E-state index contributed by atoms with van der Waals surface area (Å²) in [5.74, 6) is -0.171. The highest BCUT2D eigenvalue weighted by atomic mass is 32.1. The van der Waals surface area contributed by atoms with E-state index in [1.165, 1.54) is 0 Å². The molecule has 0 spiro atoms. The summed E-state index contributed by atoms with van der Waals surface area (Å²) in [4.78, 5) is 12.1. The zero-order valence-electron chi connectivity index (χ0n) is 7.53. The third-order valence-electron chi connectivity index (χ3n) is 1.42. The Hall–Kier alpha value is -1.09. The zero-order valence-corrected chi connectivity index (χ0v) is 8.34. The van der Waals surface area contributed by atoms with Gasteiger partial charge in [0.1, 0.15) is 0 Å². The van der Waals surface area contributed by atoms with E-state index in [0.717, 1.165) is 4.88 Å². The van der Waals surface area contributed by atoms with Gasteiger partial charge >= 0.3 is 5.97 Å². The van der Waals surface area contributed by atoms with Crippen LogP contribution in [0.15, 0.2) is 23.6 Å². The van der Waals surface area contributed by atoms with Gasteiger partial charge in [-0.05, 0) is 24.4 Å². The molecule has 0 aliphatic heterocycles. The van der Waals surface area contributed by atoms with Gasteiger partial charge in [-0.15, -0.1) is 11.3 Å². The van der Waals surface area contributed by atoms with E-state index < -0.39 is 0 Å². The average Bonchev–Trinajstić information content (AvgIpc) is 2.57. The maximum Gasteiger partial charge on any atom is 0.309 e. The van der Waals surface area contributed by atoms with E-state index in [2.05, 4.69) is 0 Å². The first-order valence-electron chi connectivity index (χ1n) is 4.18. The third-order valence-corrected chi connectivity index (χ3v) is 2.25. The normalized spacial score (nSPS) is 10.5. The Balaban J connectivity index is 2.30. The summed E-state index contributed by atoms with van der Waals surface area (Å²) in [7, 11) is 0. The van der Waals surface area contributed by atoms with Gasteiger partial charge in [0.05, 0.1) is 13.0 Å². The number of hydrogen-bond donors (Lipinski definition) is 0. The van der Waals surface area contributed by atoms with E-state index in [1.54, 1.807) is 18.3 Å². The van der Waals surface area contributed by atoms with E-state index in [-0.39, 0.29) is 5.97 Å². The molecule has 1 aromatic rings. The second-order valence-electron chi connectivity index (χ2n) is 2.43. The number of hydrogen-bond acceptors (Lipinski definition) is 3. The Bertz CT molecular complexity index is 275. The van der Waals surface area contributed by atoms with Crippen molar-refractivity contribution in [2.75, 3.05) is 6.61 Å². The standard InChI is InChI=1S/C10H12O2S/c1-2-12-10(11)7-3-5-9-6-4-8-13-9/h3-6,8H,2,7H2,1H3. The van der Waals surface area contributed by atoms with Crippen LogP contribution < -0.4 is 0 Å². The molecule has 1 rings (SSSR count). The molecule has 0 saturated heterocycles. The van der Waals surface area contributed by atoms with Crippen LogP contribution in [0, 0.1) is 0 Å². The van der Waals surface area contributed by atoms with Crippen LogP contribution in [-0.4, -0.2) is 12.6 Å². The molecule has 70 valence electrons.